The fourth-order valence-electron chi connectivity index (χ4n) is 1.67. The Morgan fingerprint density at radius 3 is 3.00 bits per heavy atom. The summed E-state index contributed by atoms with van der Waals surface area (Å²) >= 11 is 3.36. The van der Waals surface area contributed by atoms with Gasteiger partial charge in [-0.1, -0.05) is 15.9 Å². The van der Waals surface area contributed by atoms with E-state index < -0.39 is 11.4 Å². The Kier molecular flexibility index (Phi) is 2.46. The van der Waals surface area contributed by atoms with Crippen LogP contribution in [0.2, 0.25) is 0 Å². The lowest BCUT2D eigenvalue weighted by atomic mass is 9.82. The maximum Gasteiger partial charge on any atom is 0.313 e. The molecule has 0 fully saturated rings. The van der Waals surface area contributed by atoms with Crippen LogP contribution in [-0.4, -0.2) is 17.7 Å². The summed E-state index contributed by atoms with van der Waals surface area (Å²) in [5.41, 5.74) is 0.133. The molecule has 3 nitrogen and oxygen atoms in total. The molecule has 80 valence electrons. The van der Waals surface area contributed by atoms with Crippen molar-refractivity contribution >= 4 is 21.9 Å². The van der Waals surface area contributed by atoms with Crippen molar-refractivity contribution in [3.05, 3.63) is 28.2 Å². The highest BCUT2D eigenvalue weighted by Gasteiger charge is 2.38. The second-order valence-corrected chi connectivity index (χ2v) is 5.00. The van der Waals surface area contributed by atoms with E-state index in [0.717, 1.165) is 15.8 Å². The van der Waals surface area contributed by atoms with Crippen molar-refractivity contribution < 1.29 is 14.6 Å². The zero-order chi connectivity index (χ0) is 11.1. The van der Waals surface area contributed by atoms with E-state index in [0.29, 0.717) is 6.42 Å². The van der Waals surface area contributed by atoms with Crippen LogP contribution in [0.25, 0.3) is 0 Å². The molecule has 0 amide bonds. The summed E-state index contributed by atoms with van der Waals surface area (Å²) in [7, 11) is 0. The number of carboxylic acid groups (broad SMARTS) is 1. The van der Waals surface area contributed by atoms with E-state index in [-0.39, 0.29) is 6.61 Å². The van der Waals surface area contributed by atoms with Gasteiger partial charge in [-0.3, -0.25) is 4.79 Å². The zero-order valence-corrected chi connectivity index (χ0v) is 9.87. The molecule has 4 heteroatoms. The Hall–Kier alpha value is -1.03. The third-order valence-corrected chi connectivity index (χ3v) is 3.16. The zero-order valence-electron chi connectivity index (χ0n) is 8.29. The summed E-state index contributed by atoms with van der Waals surface area (Å²) in [6, 6.07) is 5.67. The highest BCUT2D eigenvalue weighted by molar-refractivity contribution is 9.10. The molecule has 0 radical (unpaired) electrons. The molecule has 0 aliphatic carbocycles. The van der Waals surface area contributed by atoms with Crippen molar-refractivity contribution in [1.82, 2.24) is 0 Å². The van der Waals surface area contributed by atoms with E-state index in [1.807, 2.05) is 18.2 Å². The molecular weight excluding hydrogens is 260 g/mol. The molecule has 1 aromatic carbocycles. The van der Waals surface area contributed by atoms with Crippen molar-refractivity contribution in [1.29, 1.82) is 0 Å². The minimum atomic E-state index is -0.812. The van der Waals surface area contributed by atoms with Gasteiger partial charge in [0, 0.05) is 4.47 Å². The molecule has 0 aromatic heterocycles. The topological polar surface area (TPSA) is 46.5 Å². The Labute approximate surface area is 96.2 Å². The Balaban J connectivity index is 2.37. The number of halogens is 1. The van der Waals surface area contributed by atoms with Gasteiger partial charge >= 0.3 is 5.97 Å². The van der Waals surface area contributed by atoms with E-state index in [1.165, 1.54) is 0 Å². The third-order valence-electron chi connectivity index (χ3n) is 2.67. The lowest BCUT2D eigenvalue weighted by Crippen LogP contribution is -2.39. The van der Waals surface area contributed by atoms with Crippen molar-refractivity contribution in [3.63, 3.8) is 0 Å². The normalized spacial score (nSPS) is 24.1. The van der Waals surface area contributed by atoms with Gasteiger partial charge in [0.05, 0.1) is 0 Å². The molecule has 15 heavy (non-hydrogen) atoms. The first kappa shape index (κ1) is 10.5. The predicted octanol–water partition coefficient (Wildman–Crippen LogP) is 2.47. The maximum absolute atomic E-state index is 11.1. The molecule has 1 atom stereocenters. The first-order valence-electron chi connectivity index (χ1n) is 4.66. The maximum atomic E-state index is 11.1. The summed E-state index contributed by atoms with van der Waals surface area (Å²) < 4.78 is 6.40. The second kappa shape index (κ2) is 3.52. The summed E-state index contributed by atoms with van der Waals surface area (Å²) in [5, 5.41) is 9.10. The highest BCUT2D eigenvalue weighted by atomic mass is 79.9. The number of benzene rings is 1. The third kappa shape index (κ3) is 1.86. The van der Waals surface area contributed by atoms with Gasteiger partial charge in [-0.05, 0) is 37.1 Å². The summed E-state index contributed by atoms with van der Waals surface area (Å²) in [6.45, 7) is 1.94. The number of aliphatic carboxylic acids is 1. The lowest BCUT2D eigenvalue weighted by molar-refractivity contribution is -0.150. The van der Waals surface area contributed by atoms with Crippen LogP contribution in [0.1, 0.15) is 12.5 Å². The molecule has 1 N–H and O–H groups in total. The van der Waals surface area contributed by atoms with Crippen LogP contribution in [0.5, 0.6) is 5.75 Å². The van der Waals surface area contributed by atoms with Crippen molar-refractivity contribution in [2.24, 2.45) is 5.41 Å². The average molecular weight is 271 g/mol. The van der Waals surface area contributed by atoms with Gasteiger partial charge < -0.3 is 9.84 Å². The van der Waals surface area contributed by atoms with Crippen LogP contribution in [0.15, 0.2) is 22.7 Å². The van der Waals surface area contributed by atoms with Gasteiger partial charge in [0.25, 0.3) is 0 Å². The number of hydrogen-bond acceptors (Lipinski definition) is 2. The number of rotatable bonds is 1. The summed E-state index contributed by atoms with van der Waals surface area (Å²) in [5.74, 6) is -0.0231. The van der Waals surface area contributed by atoms with Crippen molar-refractivity contribution in [2.45, 2.75) is 13.3 Å². The monoisotopic (exact) mass is 270 g/mol. The molecular formula is C11H11BrO3. The van der Waals surface area contributed by atoms with Gasteiger partial charge in [0.2, 0.25) is 0 Å². The van der Waals surface area contributed by atoms with Gasteiger partial charge in [-0.25, -0.2) is 0 Å². The molecule has 1 aliphatic rings. The second-order valence-electron chi connectivity index (χ2n) is 4.08. The first-order valence-corrected chi connectivity index (χ1v) is 5.45. The summed E-state index contributed by atoms with van der Waals surface area (Å²) in [6.07, 6.45) is 0.511. The Morgan fingerprint density at radius 2 is 2.33 bits per heavy atom. The summed E-state index contributed by atoms with van der Waals surface area (Å²) in [4.78, 5) is 11.1. The standard InChI is InChI=1S/C11H11BrO3/c1-11(10(13)14)5-7-4-8(12)2-3-9(7)15-6-11/h2-4H,5-6H2,1H3,(H,13,14). The fraction of sp³-hybridized carbons (Fsp3) is 0.364. The van der Waals surface area contributed by atoms with E-state index in [9.17, 15) is 4.79 Å². The molecule has 1 aromatic rings. The SMILES string of the molecule is CC1(C(=O)O)COc2ccc(Br)cc2C1. The van der Waals surface area contributed by atoms with Crippen LogP contribution in [0.3, 0.4) is 0 Å². The molecule has 0 spiro atoms. The molecule has 0 saturated carbocycles. The average Bonchev–Trinajstić information content (AvgIpc) is 2.16. The van der Waals surface area contributed by atoms with Crippen LogP contribution in [0, 0.1) is 5.41 Å². The predicted molar refractivity (Wildman–Crippen MR) is 59.1 cm³/mol. The number of fused-ring (bicyclic) bond motifs is 1. The number of ether oxygens (including phenoxy) is 1. The van der Waals surface area contributed by atoms with E-state index in [2.05, 4.69) is 15.9 Å². The van der Waals surface area contributed by atoms with Crippen LogP contribution in [-0.2, 0) is 11.2 Å². The van der Waals surface area contributed by atoms with E-state index >= 15 is 0 Å². The quantitative estimate of drug-likeness (QED) is 0.853. The van der Waals surface area contributed by atoms with Crippen molar-refractivity contribution in [3.8, 4) is 5.75 Å². The Morgan fingerprint density at radius 1 is 1.60 bits per heavy atom. The fourth-order valence-corrected chi connectivity index (χ4v) is 2.08. The van der Waals surface area contributed by atoms with Crippen LogP contribution in [0.4, 0.5) is 0 Å². The minimum Gasteiger partial charge on any atom is -0.492 e. The molecule has 0 bridgehead atoms. The number of carboxylic acids is 1. The number of carbonyl (C=O) groups is 1. The van der Waals surface area contributed by atoms with Crippen molar-refractivity contribution in [2.75, 3.05) is 6.61 Å². The molecule has 1 unspecified atom stereocenters. The van der Waals surface area contributed by atoms with Crippen LogP contribution >= 0.6 is 15.9 Å². The Bertz CT molecular complexity index is 416. The van der Waals surface area contributed by atoms with E-state index in [1.54, 1.807) is 6.92 Å². The molecule has 0 saturated heterocycles. The molecule has 1 aliphatic heterocycles. The van der Waals surface area contributed by atoms with E-state index in [4.69, 9.17) is 9.84 Å². The van der Waals surface area contributed by atoms with Gasteiger partial charge in [0.15, 0.2) is 0 Å². The van der Waals surface area contributed by atoms with Gasteiger partial charge in [0.1, 0.15) is 17.8 Å². The van der Waals surface area contributed by atoms with Gasteiger partial charge in [-0.2, -0.15) is 0 Å². The van der Waals surface area contributed by atoms with Gasteiger partial charge in [-0.15, -0.1) is 0 Å². The molecule has 1 heterocycles. The number of hydrogen-bond donors (Lipinski definition) is 1. The lowest BCUT2D eigenvalue weighted by Gasteiger charge is -2.31. The van der Waals surface area contributed by atoms with Crippen LogP contribution < -0.4 is 4.74 Å². The highest BCUT2D eigenvalue weighted by Crippen LogP contribution is 2.35. The largest absolute Gasteiger partial charge is 0.492 e. The first-order chi connectivity index (χ1) is 7.01. The minimum absolute atomic E-state index is 0.233. The smallest absolute Gasteiger partial charge is 0.313 e. The molecule has 2 rings (SSSR count).